The van der Waals surface area contributed by atoms with E-state index in [2.05, 4.69) is 27.4 Å². The van der Waals surface area contributed by atoms with Gasteiger partial charge in [-0.1, -0.05) is 30.3 Å². The van der Waals surface area contributed by atoms with Gasteiger partial charge in [0, 0.05) is 26.3 Å². The highest BCUT2D eigenvalue weighted by Crippen LogP contribution is 2.15. The van der Waals surface area contributed by atoms with Gasteiger partial charge in [-0.2, -0.15) is 4.98 Å². The molecule has 0 fully saturated rings. The molecular weight excluding hydrogens is 240 g/mol. The van der Waals surface area contributed by atoms with Crippen LogP contribution in [0, 0.1) is 0 Å². The highest BCUT2D eigenvalue weighted by molar-refractivity contribution is 5.43. The van der Waals surface area contributed by atoms with Gasteiger partial charge in [0.25, 0.3) is 0 Å². The van der Waals surface area contributed by atoms with Crippen molar-refractivity contribution in [2.24, 2.45) is 0 Å². The summed E-state index contributed by atoms with van der Waals surface area (Å²) in [7, 11) is 1.78. The van der Waals surface area contributed by atoms with Gasteiger partial charge in [0.15, 0.2) is 0 Å². The Labute approximate surface area is 112 Å². The quantitative estimate of drug-likeness (QED) is 0.822. The Morgan fingerprint density at radius 3 is 2.68 bits per heavy atom. The molecule has 5 nitrogen and oxygen atoms in total. The van der Waals surface area contributed by atoms with Gasteiger partial charge in [-0.25, -0.2) is 4.98 Å². The molecule has 0 atom stereocenters. The van der Waals surface area contributed by atoms with Crippen molar-refractivity contribution >= 4 is 11.8 Å². The molecule has 0 amide bonds. The highest BCUT2D eigenvalue weighted by Gasteiger charge is 2.09. The minimum atomic E-state index is 0.0890. The number of aliphatic hydroxyl groups excluding tert-OH is 1. The van der Waals surface area contributed by atoms with E-state index >= 15 is 0 Å². The Balaban J connectivity index is 2.19. The Kier molecular flexibility index (Phi) is 4.69. The van der Waals surface area contributed by atoms with E-state index in [-0.39, 0.29) is 6.61 Å². The predicted molar refractivity (Wildman–Crippen MR) is 76.2 cm³/mol. The zero-order valence-electron chi connectivity index (χ0n) is 11.0. The summed E-state index contributed by atoms with van der Waals surface area (Å²) in [6.07, 6.45) is 1.71. The monoisotopic (exact) mass is 258 g/mol. The molecule has 1 aromatic heterocycles. The molecule has 0 unspecified atom stereocenters. The van der Waals surface area contributed by atoms with Crippen molar-refractivity contribution in [2.45, 2.75) is 6.54 Å². The lowest BCUT2D eigenvalue weighted by Crippen LogP contribution is -2.27. The maximum atomic E-state index is 9.20. The van der Waals surface area contributed by atoms with E-state index in [4.69, 9.17) is 0 Å². The van der Waals surface area contributed by atoms with Crippen molar-refractivity contribution in [3.8, 4) is 0 Å². The highest BCUT2D eigenvalue weighted by atomic mass is 16.3. The average molecular weight is 258 g/mol. The topological polar surface area (TPSA) is 61.3 Å². The molecule has 0 bridgehead atoms. The molecule has 0 aliphatic carbocycles. The van der Waals surface area contributed by atoms with Crippen LogP contribution in [0.15, 0.2) is 42.6 Å². The summed E-state index contributed by atoms with van der Waals surface area (Å²) in [5.74, 6) is 1.38. The standard InChI is InChI=1S/C14H18N4O/c1-15-14-16-8-7-13(17-14)18(9-10-19)11-12-5-3-2-4-6-12/h2-8,19H,9-11H2,1H3,(H,15,16,17). The van der Waals surface area contributed by atoms with Crippen molar-refractivity contribution in [1.29, 1.82) is 0 Å². The molecule has 0 spiro atoms. The van der Waals surface area contributed by atoms with Crippen LogP contribution >= 0.6 is 0 Å². The van der Waals surface area contributed by atoms with E-state index in [1.54, 1.807) is 13.2 Å². The SMILES string of the molecule is CNc1nccc(N(CCO)Cc2ccccc2)n1. The normalized spacial score (nSPS) is 10.2. The summed E-state index contributed by atoms with van der Waals surface area (Å²) >= 11 is 0. The third-order valence-corrected chi connectivity index (χ3v) is 2.77. The Bertz CT molecular complexity index is 504. The summed E-state index contributed by atoms with van der Waals surface area (Å²) < 4.78 is 0. The van der Waals surface area contributed by atoms with Crippen LogP contribution < -0.4 is 10.2 Å². The molecule has 0 aliphatic heterocycles. The summed E-state index contributed by atoms with van der Waals surface area (Å²) in [6, 6.07) is 12.0. The molecule has 1 aromatic carbocycles. The molecule has 2 N–H and O–H groups in total. The van der Waals surface area contributed by atoms with Gasteiger partial charge in [0.2, 0.25) is 5.95 Å². The summed E-state index contributed by atoms with van der Waals surface area (Å²) in [5.41, 5.74) is 1.18. The molecule has 0 aliphatic rings. The number of benzene rings is 1. The van der Waals surface area contributed by atoms with Gasteiger partial charge in [-0.3, -0.25) is 0 Å². The van der Waals surface area contributed by atoms with Crippen LogP contribution in [0.1, 0.15) is 5.56 Å². The number of hydrogen-bond donors (Lipinski definition) is 2. The van der Waals surface area contributed by atoms with Gasteiger partial charge in [0.1, 0.15) is 5.82 Å². The lowest BCUT2D eigenvalue weighted by Gasteiger charge is -2.23. The Morgan fingerprint density at radius 1 is 1.21 bits per heavy atom. The molecule has 0 saturated carbocycles. The summed E-state index contributed by atoms with van der Waals surface area (Å²) in [5, 5.41) is 12.1. The second kappa shape index (κ2) is 6.70. The lowest BCUT2D eigenvalue weighted by molar-refractivity contribution is 0.301. The smallest absolute Gasteiger partial charge is 0.224 e. The van der Waals surface area contributed by atoms with Crippen LogP contribution in [-0.4, -0.2) is 35.3 Å². The minimum absolute atomic E-state index is 0.0890. The van der Waals surface area contributed by atoms with Crippen molar-refractivity contribution in [1.82, 2.24) is 9.97 Å². The first-order chi connectivity index (χ1) is 9.33. The fourth-order valence-corrected chi connectivity index (χ4v) is 1.84. The molecule has 0 saturated heterocycles. The minimum Gasteiger partial charge on any atom is -0.395 e. The van der Waals surface area contributed by atoms with Crippen LogP contribution in [0.3, 0.4) is 0 Å². The van der Waals surface area contributed by atoms with E-state index in [9.17, 15) is 5.11 Å². The van der Waals surface area contributed by atoms with Crippen LogP contribution in [0.25, 0.3) is 0 Å². The Morgan fingerprint density at radius 2 is 2.00 bits per heavy atom. The first kappa shape index (κ1) is 13.3. The number of rotatable bonds is 6. The maximum absolute atomic E-state index is 9.20. The van der Waals surface area contributed by atoms with Gasteiger partial charge in [-0.15, -0.1) is 0 Å². The zero-order valence-corrected chi connectivity index (χ0v) is 11.0. The molecule has 2 rings (SSSR count). The zero-order chi connectivity index (χ0) is 13.5. The second-order valence-electron chi connectivity index (χ2n) is 4.12. The van der Waals surface area contributed by atoms with E-state index in [0.717, 1.165) is 5.82 Å². The molecule has 5 heteroatoms. The number of hydrogen-bond acceptors (Lipinski definition) is 5. The third kappa shape index (κ3) is 3.66. The van der Waals surface area contributed by atoms with Crippen molar-refractivity contribution in [3.63, 3.8) is 0 Å². The molecule has 0 radical (unpaired) electrons. The van der Waals surface area contributed by atoms with Crippen molar-refractivity contribution in [2.75, 3.05) is 30.4 Å². The van der Waals surface area contributed by atoms with Crippen LogP contribution in [0.4, 0.5) is 11.8 Å². The lowest BCUT2D eigenvalue weighted by atomic mass is 10.2. The van der Waals surface area contributed by atoms with Crippen LogP contribution in [0.2, 0.25) is 0 Å². The first-order valence-corrected chi connectivity index (χ1v) is 6.24. The molecular formula is C14H18N4O. The average Bonchev–Trinajstić information content (AvgIpc) is 2.48. The number of aromatic nitrogens is 2. The number of anilines is 2. The van der Waals surface area contributed by atoms with Gasteiger partial charge in [0.05, 0.1) is 6.61 Å². The van der Waals surface area contributed by atoms with E-state index in [1.807, 2.05) is 29.2 Å². The van der Waals surface area contributed by atoms with E-state index in [0.29, 0.717) is 19.0 Å². The molecule has 100 valence electrons. The fourth-order valence-electron chi connectivity index (χ4n) is 1.84. The molecule has 19 heavy (non-hydrogen) atoms. The number of aliphatic hydroxyl groups is 1. The predicted octanol–water partition coefficient (Wildman–Crippen LogP) is 1.52. The maximum Gasteiger partial charge on any atom is 0.224 e. The van der Waals surface area contributed by atoms with Gasteiger partial charge in [-0.05, 0) is 11.6 Å². The summed E-state index contributed by atoms with van der Waals surface area (Å²) in [4.78, 5) is 10.5. The first-order valence-electron chi connectivity index (χ1n) is 6.24. The van der Waals surface area contributed by atoms with Gasteiger partial charge < -0.3 is 15.3 Å². The van der Waals surface area contributed by atoms with Crippen molar-refractivity contribution < 1.29 is 5.11 Å². The summed E-state index contributed by atoms with van der Waals surface area (Å²) in [6.45, 7) is 1.34. The fraction of sp³-hybridized carbons (Fsp3) is 0.286. The molecule has 2 aromatic rings. The van der Waals surface area contributed by atoms with Gasteiger partial charge >= 0.3 is 0 Å². The number of nitrogens with one attached hydrogen (secondary N) is 1. The van der Waals surface area contributed by atoms with E-state index < -0.39 is 0 Å². The second-order valence-corrected chi connectivity index (χ2v) is 4.12. The van der Waals surface area contributed by atoms with E-state index in [1.165, 1.54) is 5.56 Å². The van der Waals surface area contributed by atoms with Crippen LogP contribution in [-0.2, 0) is 6.54 Å². The molecule has 1 heterocycles. The number of nitrogens with zero attached hydrogens (tertiary/aromatic N) is 3. The van der Waals surface area contributed by atoms with Crippen LogP contribution in [0.5, 0.6) is 0 Å². The van der Waals surface area contributed by atoms with Crippen molar-refractivity contribution in [3.05, 3.63) is 48.2 Å². The largest absolute Gasteiger partial charge is 0.395 e. The third-order valence-electron chi connectivity index (χ3n) is 2.77. The Hall–Kier alpha value is -2.14.